The normalized spacial score (nSPS) is 14.1. The lowest BCUT2D eigenvalue weighted by molar-refractivity contribution is -0.127. The van der Waals surface area contributed by atoms with E-state index in [4.69, 9.17) is 9.47 Å². The summed E-state index contributed by atoms with van der Waals surface area (Å²) in [5.74, 6) is 0.785. The van der Waals surface area contributed by atoms with Crippen LogP contribution in [0.3, 0.4) is 0 Å². The zero-order valence-electron chi connectivity index (χ0n) is 22.7. The van der Waals surface area contributed by atoms with Gasteiger partial charge in [-0.2, -0.15) is 4.80 Å². The van der Waals surface area contributed by atoms with Crippen LogP contribution in [0.15, 0.2) is 60.0 Å². The predicted molar refractivity (Wildman–Crippen MR) is 152 cm³/mol. The van der Waals surface area contributed by atoms with Crippen LogP contribution < -0.4 is 19.7 Å². The number of hydrogen-bond acceptors (Lipinski definition) is 8. The number of aromatic nitrogens is 4. The second-order valence-corrected chi connectivity index (χ2v) is 10.7. The standard InChI is InChI=1S/C29H32N6O4S/c1-19-8-6-11-21(16-19)35(26(36)18-34-32-28(31-33-34)25-12-7-15-40-25)27(29(37)30-20-9-4-5-10-20)23-17-22(38-2)13-14-24(23)39-3/h6-8,11-17,20,27H,4-5,9-10,18H2,1-3H3,(H,30,37)/t27-/m0/s1. The van der Waals surface area contributed by atoms with Gasteiger partial charge >= 0.3 is 0 Å². The average Bonchev–Trinajstić information content (AvgIpc) is 3.75. The molecule has 1 fully saturated rings. The highest BCUT2D eigenvalue weighted by molar-refractivity contribution is 7.13. The number of amides is 2. The van der Waals surface area contributed by atoms with Crippen LogP contribution in [-0.4, -0.2) is 52.3 Å². The maximum absolute atomic E-state index is 14.2. The fraction of sp³-hybridized carbons (Fsp3) is 0.345. The van der Waals surface area contributed by atoms with Gasteiger partial charge in [-0.3, -0.25) is 14.5 Å². The third-order valence-corrected chi connectivity index (χ3v) is 7.82. The molecule has 1 N–H and O–H groups in total. The zero-order valence-corrected chi connectivity index (χ0v) is 23.6. The molecule has 10 nitrogen and oxygen atoms in total. The number of methoxy groups -OCH3 is 2. The van der Waals surface area contributed by atoms with Crippen LogP contribution in [0, 0.1) is 6.92 Å². The smallest absolute Gasteiger partial charge is 0.251 e. The van der Waals surface area contributed by atoms with Crippen LogP contribution in [0.25, 0.3) is 10.7 Å². The second kappa shape index (κ2) is 12.3. The van der Waals surface area contributed by atoms with Crippen molar-refractivity contribution in [2.75, 3.05) is 19.1 Å². The van der Waals surface area contributed by atoms with E-state index in [9.17, 15) is 9.59 Å². The summed E-state index contributed by atoms with van der Waals surface area (Å²) in [6.45, 7) is 1.73. The Morgan fingerprint density at radius 2 is 1.93 bits per heavy atom. The molecule has 4 aromatic rings. The van der Waals surface area contributed by atoms with E-state index in [1.807, 2.05) is 48.7 Å². The molecule has 0 radical (unpaired) electrons. The molecule has 2 amide bonds. The maximum atomic E-state index is 14.2. The molecular formula is C29H32N6O4S. The third-order valence-electron chi connectivity index (χ3n) is 6.96. The number of tetrazole rings is 1. The van der Waals surface area contributed by atoms with Crippen LogP contribution in [-0.2, 0) is 16.1 Å². The van der Waals surface area contributed by atoms with Crippen LogP contribution in [0.4, 0.5) is 5.69 Å². The summed E-state index contributed by atoms with van der Waals surface area (Å²) >= 11 is 1.49. The van der Waals surface area contributed by atoms with Crippen molar-refractivity contribution in [3.8, 4) is 22.2 Å². The van der Waals surface area contributed by atoms with Crippen molar-refractivity contribution in [3.63, 3.8) is 0 Å². The highest BCUT2D eigenvalue weighted by Crippen LogP contribution is 2.37. The summed E-state index contributed by atoms with van der Waals surface area (Å²) in [5, 5.41) is 17.8. The zero-order chi connectivity index (χ0) is 28.1. The summed E-state index contributed by atoms with van der Waals surface area (Å²) < 4.78 is 11.2. The molecule has 1 aliphatic rings. The highest BCUT2D eigenvalue weighted by Gasteiger charge is 2.37. The largest absolute Gasteiger partial charge is 0.497 e. The lowest BCUT2D eigenvalue weighted by Gasteiger charge is -2.33. The van der Waals surface area contributed by atoms with Gasteiger partial charge in [-0.1, -0.05) is 31.0 Å². The van der Waals surface area contributed by atoms with E-state index < -0.39 is 6.04 Å². The highest BCUT2D eigenvalue weighted by atomic mass is 32.1. The Balaban J connectivity index is 1.58. The Morgan fingerprint density at radius 1 is 1.10 bits per heavy atom. The molecule has 0 aliphatic heterocycles. The van der Waals surface area contributed by atoms with Gasteiger partial charge < -0.3 is 14.8 Å². The summed E-state index contributed by atoms with van der Waals surface area (Å²) in [5.41, 5.74) is 2.03. The number of hydrogen-bond donors (Lipinski definition) is 1. The van der Waals surface area contributed by atoms with Crippen LogP contribution in [0.2, 0.25) is 0 Å². The van der Waals surface area contributed by atoms with Crippen LogP contribution in [0.1, 0.15) is 42.9 Å². The van der Waals surface area contributed by atoms with E-state index in [0.717, 1.165) is 36.1 Å². The van der Waals surface area contributed by atoms with Crippen LogP contribution in [0.5, 0.6) is 11.5 Å². The third kappa shape index (κ3) is 5.99. The molecule has 208 valence electrons. The summed E-state index contributed by atoms with van der Waals surface area (Å²) in [6.07, 6.45) is 3.92. The lowest BCUT2D eigenvalue weighted by atomic mass is 10.00. The molecule has 0 unspecified atom stereocenters. The molecular weight excluding hydrogens is 528 g/mol. The average molecular weight is 561 g/mol. The van der Waals surface area contributed by atoms with Crippen molar-refractivity contribution in [1.82, 2.24) is 25.5 Å². The molecule has 5 rings (SSSR count). The molecule has 0 saturated heterocycles. The van der Waals surface area contributed by atoms with E-state index >= 15 is 0 Å². The van der Waals surface area contributed by atoms with Gasteiger partial charge in [-0.15, -0.1) is 21.5 Å². The Kier molecular flexibility index (Phi) is 8.40. The van der Waals surface area contributed by atoms with Gasteiger partial charge in [0, 0.05) is 17.3 Å². The molecule has 2 aromatic carbocycles. The number of carbonyl (C=O) groups is 2. The minimum atomic E-state index is -1.04. The minimum Gasteiger partial charge on any atom is -0.497 e. The first kappa shape index (κ1) is 27.3. The van der Waals surface area contributed by atoms with Gasteiger partial charge in [-0.25, -0.2) is 0 Å². The van der Waals surface area contributed by atoms with E-state index in [2.05, 4.69) is 20.7 Å². The van der Waals surface area contributed by atoms with Crippen molar-refractivity contribution < 1.29 is 19.1 Å². The van der Waals surface area contributed by atoms with E-state index in [1.54, 1.807) is 32.4 Å². The Bertz CT molecular complexity index is 1460. The molecule has 2 aromatic heterocycles. The molecule has 1 atom stereocenters. The van der Waals surface area contributed by atoms with Gasteiger partial charge in [0.2, 0.25) is 11.7 Å². The van der Waals surface area contributed by atoms with Gasteiger partial charge in [0.05, 0.1) is 19.1 Å². The molecule has 1 saturated carbocycles. The van der Waals surface area contributed by atoms with E-state index in [0.29, 0.717) is 28.6 Å². The number of anilines is 1. The fourth-order valence-corrected chi connectivity index (χ4v) is 5.68. The first-order chi connectivity index (χ1) is 19.5. The van der Waals surface area contributed by atoms with Crippen molar-refractivity contribution >= 4 is 28.8 Å². The minimum absolute atomic E-state index is 0.0476. The second-order valence-electron chi connectivity index (χ2n) is 9.72. The topological polar surface area (TPSA) is 111 Å². The van der Waals surface area contributed by atoms with Crippen molar-refractivity contribution in [2.24, 2.45) is 0 Å². The van der Waals surface area contributed by atoms with Crippen LogP contribution >= 0.6 is 11.3 Å². The van der Waals surface area contributed by atoms with Crippen molar-refractivity contribution in [1.29, 1.82) is 0 Å². The molecule has 2 heterocycles. The molecule has 11 heteroatoms. The number of carbonyl (C=O) groups excluding carboxylic acids is 2. The Hall–Kier alpha value is -4.25. The number of nitrogens with zero attached hydrogens (tertiary/aromatic N) is 5. The summed E-state index contributed by atoms with van der Waals surface area (Å²) in [6, 6.07) is 15.6. The maximum Gasteiger partial charge on any atom is 0.251 e. The Labute approximate surface area is 236 Å². The van der Waals surface area contributed by atoms with E-state index in [-0.39, 0.29) is 24.4 Å². The summed E-state index contributed by atoms with van der Waals surface area (Å²) in [4.78, 5) is 31.9. The number of ether oxygens (including phenoxy) is 2. The first-order valence-corrected chi connectivity index (χ1v) is 14.1. The predicted octanol–water partition coefficient (Wildman–Crippen LogP) is 4.56. The lowest BCUT2D eigenvalue weighted by Crippen LogP contribution is -2.47. The number of nitrogens with one attached hydrogen (secondary N) is 1. The van der Waals surface area contributed by atoms with Crippen molar-refractivity contribution in [3.05, 3.63) is 71.1 Å². The Morgan fingerprint density at radius 3 is 2.62 bits per heavy atom. The monoisotopic (exact) mass is 560 g/mol. The quantitative estimate of drug-likeness (QED) is 0.303. The number of aryl methyl sites for hydroxylation is 1. The summed E-state index contributed by atoms with van der Waals surface area (Å²) in [7, 11) is 3.10. The number of thiophene rings is 1. The molecule has 0 bridgehead atoms. The molecule has 1 aliphatic carbocycles. The first-order valence-electron chi connectivity index (χ1n) is 13.2. The SMILES string of the molecule is COc1ccc(OC)c([C@@H](C(=O)NC2CCCC2)N(C(=O)Cn2nnc(-c3cccs3)n2)c2cccc(C)c2)c1. The van der Waals surface area contributed by atoms with Crippen molar-refractivity contribution in [2.45, 2.75) is 51.2 Å². The van der Waals surface area contributed by atoms with Gasteiger partial charge in [0.25, 0.3) is 5.91 Å². The number of benzene rings is 2. The fourth-order valence-electron chi connectivity index (χ4n) is 5.03. The molecule has 40 heavy (non-hydrogen) atoms. The van der Waals surface area contributed by atoms with Gasteiger partial charge in [0.1, 0.15) is 24.1 Å². The van der Waals surface area contributed by atoms with Gasteiger partial charge in [-0.05, 0) is 72.3 Å². The van der Waals surface area contributed by atoms with Gasteiger partial charge in [0.15, 0.2) is 0 Å². The van der Waals surface area contributed by atoms with E-state index in [1.165, 1.54) is 21.0 Å². The number of rotatable bonds is 10. The molecule has 0 spiro atoms.